The minimum atomic E-state index is -0.204. The molecule has 3 aromatic rings. The number of hydrogen-bond donors (Lipinski definition) is 2. The maximum atomic E-state index is 11.9. The molecule has 21 heavy (non-hydrogen) atoms. The van der Waals surface area contributed by atoms with E-state index in [2.05, 4.69) is 20.5 Å². The van der Waals surface area contributed by atoms with Gasteiger partial charge in [0.2, 0.25) is 5.95 Å². The molecule has 0 aliphatic carbocycles. The highest BCUT2D eigenvalue weighted by Crippen LogP contribution is 2.09. The van der Waals surface area contributed by atoms with E-state index in [4.69, 9.17) is 11.6 Å². The molecule has 0 atom stereocenters. The second kappa shape index (κ2) is 5.76. The molecule has 0 aliphatic heterocycles. The van der Waals surface area contributed by atoms with Crippen molar-refractivity contribution in [2.45, 2.75) is 0 Å². The van der Waals surface area contributed by atoms with Crippen LogP contribution in [-0.2, 0) is 0 Å². The smallest absolute Gasteiger partial charge is 0.260 e. The summed E-state index contributed by atoms with van der Waals surface area (Å²) in [6, 6.07) is 14.4. The number of aromatic nitrogens is 2. The summed E-state index contributed by atoms with van der Waals surface area (Å²) in [5, 5.41) is 5.25. The quantitative estimate of drug-likeness (QED) is 0.577. The monoisotopic (exact) mass is 298 g/mol. The molecule has 0 saturated carbocycles. The van der Waals surface area contributed by atoms with E-state index in [1.54, 1.807) is 36.5 Å². The molecule has 2 N–H and O–H groups in total. The van der Waals surface area contributed by atoms with Crippen LogP contribution in [0.1, 0.15) is 5.56 Å². The van der Waals surface area contributed by atoms with Gasteiger partial charge in [-0.15, -0.1) is 0 Å². The van der Waals surface area contributed by atoms with Crippen LogP contribution in [0.25, 0.3) is 10.9 Å². The lowest BCUT2D eigenvalue weighted by molar-refractivity contribution is 1.12. The highest BCUT2D eigenvalue weighted by Gasteiger charge is 2.01. The summed E-state index contributed by atoms with van der Waals surface area (Å²) in [6.07, 6.45) is 1.62. The van der Waals surface area contributed by atoms with Gasteiger partial charge >= 0.3 is 0 Å². The summed E-state index contributed by atoms with van der Waals surface area (Å²) < 4.78 is 0. The van der Waals surface area contributed by atoms with Crippen LogP contribution in [0.3, 0.4) is 0 Å². The number of benzene rings is 2. The van der Waals surface area contributed by atoms with Crippen LogP contribution < -0.4 is 11.0 Å². The van der Waals surface area contributed by atoms with Crippen molar-refractivity contribution in [2.75, 3.05) is 5.43 Å². The Morgan fingerprint density at radius 2 is 1.90 bits per heavy atom. The van der Waals surface area contributed by atoms with E-state index < -0.39 is 0 Å². The number of hydrazone groups is 1. The Labute approximate surface area is 125 Å². The fourth-order valence-electron chi connectivity index (χ4n) is 1.86. The van der Waals surface area contributed by atoms with Crippen molar-refractivity contribution < 1.29 is 0 Å². The summed E-state index contributed by atoms with van der Waals surface area (Å²) in [5.41, 5.74) is 4.01. The number of rotatable bonds is 3. The summed E-state index contributed by atoms with van der Waals surface area (Å²) in [4.78, 5) is 18.8. The third kappa shape index (κ3) is 3.09. The Kier molecular flexibility index (Phi) is 3.66. The number of anilines is 1. The van der Waals surface area contributed by atoms with Gasteiger partial charge in [0, 0.05) is 5.02 Å². The van der Waals surface area contributed by atoms with Crippen molar-refractivity contribution >= 4 is 34.7 Å². The first-order valence-electron chi connectivity index (χ1n) is 6.26. The molecule has 104 valence electrons. The molecule has 0 bridgehead atoms. The maximum Gasteiger partial charge on any atom is 0.260 e. The first-order chi connectivity index (χ1) is 10.2. The van der Waals surface area contributed by atoms with Crippen LogP contribution >= 0.6 is 11.6 Å². The molecule has 1 aromatic heterocycles. The Bertz CT molecular complexity index is 855. The number of halogens is 1. The van der Waals surface area contributed by atoms with Gasteiger partial charge < -0.3 is 0 Å². The van der Waals surface area contributed by atoms with Gasteiger partial charge in [-0.3, -0.25) is 9.78 Å². The van der Waals surface area contributed by atoms with Gasteiger partial charge in [-0.05, 0) is 29.8 Å². The zero-order valence-electron chi connectivity index (χ0n) is 10.9. The van der Waals surface area contributed by atoms with Crippen LogP contribution in [0.5, 0.6) is 0 Å². The maximum absolute atomic E-state index is 11.9. The van der Waals surface area contributed by atoms with Crippen molar-refractivity contribution in [1.29, 1.82) is 0 Å². The average molecular weight is 299 g/mol. The van der Waals surface area contributed by atoms with Gasteiger partial charge in [0.05, 0.1) is 17.1 Å². The summed E-state index contributed by atoms with van der Waals surface area (Å²) in [6.45, 7) is 0. The van der Waals surface area contributed by atoms with E-state index in [-0.39, 0.29) is 5.56 Å². The van der Waals surface area contributed by atoms with Crippen molar-refractivity contribution in [3.8, 4) is 0 Å². The zero-order chi connectivity index (χ0) is 14.7. The second-order valence-electron chi connectivity index (χ2n) is 4.35. The molecule has 0 saturated heterocycles. The molecule has 0 radical (unpaired) electrons. The van der Waals surface area contributed by atoms with E-state index in [1.807, 2.05) is 18.2 Å². The first-order valence-corrected chi connectivity index (χ1v) is 6.64. The molecule has 0 unspecified atom stereocenters. The van der Waals surface area contributed by atoms with Gasteiger partial charge in [0.1, 0.15) is 0 Å². The van der Waals surface area contributed by atoms with Crippen LogP contribution in [0.2, 0.25) is 5.02 Å². The second-order valence-corrected chi connectivity index (χ2v) is 4.79. The molecule has 2 aromatic carbocycles. The van der Waals surface area contributed by atoms with E-state index in [9.17, 15) is 4.79 Å². The molecular formula is C15H11ClN4O. The van der Waals surface area contributed by atoms with Gasteiger partial charge in [-0.2, -0.15) is 5.10 Å². The summed E-state index contributed by atoms with van der Waals surface area (Å²) >= 11 is 5.80. The van der Waals surface area contributed by atoms with E-state index in [1.165, 1.54) is 0 Å². The third-order valence-electron chi connectivity index (χ3n) is 2.87. The number of H-pyrrole nitrogens is 1. The van der Waals surface area contributed by atoms with Gasteiger partial charge in [0.15, 0.2) is 0 Å². The van der Waals surface area contributed by atoms with E-state index in [0.29, 0.717) is 21.9 Å². The van der Waals surface area contributed by atoms with E-state index >= 15 is 0 Å². The van der Waals surface area contributed by atoms with Crippen molar-refractivity contribution in [2.24, 2.45) is 5.10 Å². The highest BCUT2D eigenvalue weighted by atomic mass is 35.5. The van der Waals surface area contributed by atoms with E-state index in [0.717, 1.165) is 5.56 Å². The van der Waals surface area contributed by atoms with Crippen LogP contribution in [0.15, 0.2) is 58.4 Å². The molecular weight excluding hydrogens is 288 g/mol. The lowest BCUT2D eigenvalue weighted by Crippen LogP contribution is -2.10. The highest BCUT2D eigenvalue weighted by molar-refractivity contribution is 6.30. The number of nitrogens with one attached hydrogen (secondary N) is 2. The minimum absolute atomic E-state index is 0.204. The lowest BCUT2D eigenvalue weighted by atomic mass is 10.2. The molecule has 0 spiro atoms. The van der Waals surface area contributed by atoms with Gasteiger partial charge in [-0.25, -0.2) is 10.4 Å². The van der Waals surface area contributed by atoms with Crippen molar-refractivity contribution in [3.63, 3.8) is 0 Å². The molecule has 0 aliphatic rings. The molecule has 3 rings (SSSR count). The largest absolute Gasteiger partial charge is 0.291 e. The SMILES string of the molecule is O=c1[nH]c(N/N=C\c2ccc(Cl)cc2)nc2ccccc12. The summed E-state index contributed by atoms with van der Waals surface area (Å²) in [7, 11) is 0. The number of para-hydroxylation sites is 1. The summed E-state index contributed by atoms with van der Waals surface area (Å²) in [5.74, 6) is 0.295. The fourth-order valence-corrected chi connectivity index (χ4v) is 1.98. The predicted molar refractivity (Wildman–Crippen MR) is 85.0 cm³/mol. The molecule has 5 nitrogen and oxygen atoms in total. The van der Waals surface area contributed by atoms with Crippen LogP contribution in [-0.4, -0.2) is 16.2 Å². The average Bonchev–Trinajstić information content (AvgIpc) is 2.49. The topological polar surface area (TPSA) is 70.1 Å². The standard InChI is InChI=1S/C15H11ClN4O/c16-11-7-5-10(6-8-11)9-17-20-15-18-13-4-2-1-3-12(13)14(21)19-15/h1-9H,(H2,18,19,20,21)/b17-9-. The number of nitrogens with zero attached hydrogens (tertiary/aromatic N) is 2. The van der Waals surface area contributed by atoms with Gasteiger partial charge in [0.25, 0.3) is 5.56 Å². The number of fused-ring (bicyclic) bond motifs is 1. The van der Waals surface area contributed by atoms with Crippen LogP contribution in [0, 0.1) is 0 Å². The number of hydrogen-bond acceptors (Lipinski definition) is 4. The predicted octanol–water partition coefficient (Wildman–Crippen LogP) is 3.02. The molecule has 0 fully saturated rings. The Morgan fingerprint density at radius 1 is 1.14 bits per heavy atom. The molecule has 6 heteroatoms. The van der Waals surface area contributed by atoms with Gasteiger partial charge in [-0.1, -0.05) is 35.9 Å². The lowest BCUT2D eigenvalue weighted by Gasteiger charge is -2.01. The first kappa shape index (κ1) is 13.3. The molecule has 1 heterocycles. The van der Waals surface area contributed by atoms with Crippen molar-refractivity contribution in [3.05, 3.63) is 69.5 Å². The van der Waals surface area contributed by atoms with Crippen LogP contribution in [0.4, 0.5) is 5.95 Å². The Morgan fingerprint density at radius 3 is 2.71 bits per heavy atom. The Balaban J connectivity index is 1.82. The molecule has 0 amide bonds. The minimum Gasteiger partial charge on any atom is -0.291 e. The normalized spacial score (nSPS) is 11.1. The fraction of sp³-hybridized carbons (Fsp3) is 0. The number of aromatic amines is 1. The zero-order valence-corrected chi connectivity index (χ0v) is 11.6. The van der Waals surface area contributed by atoms with Crippen molar-refractivity contribution in [1.82, 2.24) is 9.97 Å². The third-order valence-corrected chi connectivity index (χ3v) is 3.12. The Hall–Kier alpha value is -2.66.